The first-order valence-electron chi connectivity index (χ1n) is 9.32. The summed E-state index contributed by atoms with van der Waals surface area (Å²) in [5, 5.41) is 0. The van der Waals surface area contributed by atoms with Gasteiger partial charge in [0, 0.05) is 13.2 Å². The highest BCUT2D eigenvalue weighted by molar-refractivity contribution is 5.81. The number of ether oxygens (including phenoxy) is 3. The smallest absolute Gasteiger partial charge is 0.252 e. The summed E-state index contributed by atoms with van der Waals surface area (Å²) in [5.74, 6) is 0.326. The standard InChI is InChI=1S/C18H31NO4/c1-13(2)17(23-12-14-6-5-10-21-14)18(20)19-9-11-22-16-8-4-3-7-15(16)19/h13-17H,3-12H2,1-2H3. The number of hydrogen-bond donors (Lipinski definition) is 0. The molecule has 3 aliphatic rings. The Labute approximate surface area is 139 Å². The third-order valence-corrected chi connectivity index (χ3v) is 5.35. The Kier molecular flexibility index (Phi) is 5.94. The first-order chi connectivity index (χ1) is 11.2. The average molecular weight is 325 g/mol. The van der Waals surface area contributed by atoms with Gasteiger partial charge < -0.3 is 19.1 Å². The summed E-state index contributed by atoms with van der Waals surface area (Å²) >= 11 is 0. The van der Waals surface area contributed by atoms with Crippen molar-refractivity contribution in [2.45, 2.75) is 76.7 Å². The van der Waals surface area contributed by atoms with E-state index in [2.05, 4.69) is 13.8 Å². The molecule has 5 nitrogen and oxygen atoms in total. The lowest BCUT2D eigenvalue weighted by atomic mass is 9.89. The maximum absolute atomic E-state index is 13.1. The Morgan fingerprint density at radius 2 is 1.96 bits per heavy atom. The van der Waals surface area contributed by atoms with Crippen LogP contribution in [0.5, 0.6) is 0 Å². The van der Waals surface area contributed by atoms with E-state index < -0.39 is 0 Å². The van der Waals surface area contributed by atoms with Gasteiger partial charge in [0.1, 0.15) is 6.10 Å². The van der Waals surface area contributed by atoms with Crippen molar-refractivity contribution in [3.63, 3.8) is 0 Å². The zero-order chi connectivity index (χ0) is 16.2. The second-order valence-electron chi connectivity index (χ2n) is 7.43. The Hall–Kier alpha value is -0.650. The first-order valence-corrected chi connectivity index (χ1v) is 9.32. The van der Waals surface area contributed by atoms with Crippen LogP contribution in [0, 0.1) is 5.92 Å². The van der Waals surface area contributed by atoms with E-state index in [0.29, 0.717) is 19.8 Å². The van der Waals surface area contributed by atoms with Crippen molar-refractivity contribution in [1.82, 2.24) is 4.90 Å². The molecule has 3 fully saturated rings. The molecule has 1 aliphatic carbocycles. The zero-order valence-corrected chi connectivity index (χ0v) is 14.5. The van der Waals surface area contributed by atoms with Crippen LogP contribution in [0.15, 0.2) is 0 Å². The summed E-state index contributed by atoms with van der Waals surface area (Å²) in [5.41, 5.74) is 0. The van der Waals surface area contributed by atoms with Gasteiger partial charge in [0.2, 0.25) is 0 Å². The van der Waals surface area contributed by atoms with Crippen LogP contribution in [0.1, 0.15) is 52.4 Å². The summed E-state index contributed by atoms with van der Waals surface area (Å²) in [4.78, 5) is 15.2. The van der Waals surface area contributed by atoms with E-state index in [1.807, 2.05) is 4.90 Å². The Morgan fingerprint density at radius 3 is 2.70 bits per heavy atom. The Bertz CT molecular complexity index is 392. The maximum Gasteiger partial charge on any atom is 0.252 e. The van der Waals surface area contributed by atoms with Gasteiger partial charge in [0.15, 0.2) is 0 Å². The molecular weight excluding hydrogens is 294 g/mol. The molecule has 0 aromatic carbocycles. The minimum atomic E-state index is -0.361. The number of morpholine rings is 1. The van der Waals surface area contributed by atoms with Crippen LogP contribution in [0.25, 0.3) is 0 Å². The number of hydrogen-bond acceptors (Lipinski definition) is 4. The van der Waals surface area contributed by atoms with Gasteiger partial charge in [-0.3, -0.25) is 4.79 Å². The fourth-order valence-corrected chi connectivity index (χ4v) is 4.07. The van der Waals surface area contributed by atoms with Crippen LogP contribution in [0.2, 0.25) is 0 Å². The van der Waals surface area contributed by atoms with Gasteiger partial charge in [-0.1, -0.05) is 26.7 Å². The first kappa shape index (κ1) is 17.2. The van der Waals surface area contributed by atoms with Crippen LogP contribution in [0.3, 0.4) is 0 Å². The lowest BCUT2D eigenvalue weighted by molar-refractivity contribution is -0.165. The zero-order valence-electron chi connectivity index (χ0n) is 14.5. The Morgan fingerprint density at radius 1 is 1.13 bits per heavy atom. The lowest BCUT2D eigenvalue weighted by Crippen LogP contribution is -2.58. The predicted octanol–water partition coefficient (Wildman–Crippen LogP) is 2.38. The van der Waals surface area contributed by atoms with E-state index in [0.717, 1.165) is 32.3 Å². The van der Waals surface area contributed by atoms with Gasteiger partial charge >= 0.3 is 0 Å². The number of fused-ring (bicyclic) bond motifs is 1. The van der Waals surface area contributed by atoms with Crippen molar-refractivity contribution in [3.8, 4) is 0 Å². The fraction of sp³-hybridized carbons (Fsp3) is 0.944. The van der Waals surface area contributed by atoms with E-state index in [4.69, 9.17) is 14.2 Å². The van der Waals surface area contributed by atoms with Crippen molar-refractivity contribution in [2.24, 2.45) is 5.92 Å². The minimum absolute atomic E-state index is 0.151. The highest BCUT2D eigenvalue weighted by Gasteiger charge is 2.40. The van der Waals surface area contributed by atoms with E-state index in [-0.39, 0.29) is 36.2 Å². The van der Waals surface area contributed by atoms with E-state index in [1.54, 1.807) is 0 Å². The molecule has 132 valence electrons. The Balaban J connectivity index is 1.62. The van der Waals surface area contributed by atoms with Gasteiger partial charge in [-0.25, -0.2) is 0 Å². The van der Waals surface area contributed by atoms with Crippen molar-refractivity contribution < 1.29 is 19.0 Å². The molecule has 2 saturated heterocycles. The second kappa shape index (κ2) is 7.95. The third-order valence-electron chi connectivity index (χ3n) is 5.35. The molecule has 0 N–H and O–H groups in total. The molecule has 0 aromatic rings. The van der Waals surface area contributed by atoms with Gasteiger partial charge in [-0.2, -0.15) is 0 Å². The summed E-state index contributed by atoms with van der Waals surface area (Å²) in [7, 11) is 0. The average Bonchev–Trinajstić information content (AvgIpc) is 3.07. The number of amides is 1. The largest absolute Gasteiger partial charge is 0.376 e. The molecule has 4 atom stereocenters. The van der Waals surface area contributed by atoms with Crippen LogP contribution in [-0.4, -0.2) is 61.5 Å². The normalized spacial score (nSPS) is 32.8. The quantitative estimate of drug-likeness (QED) is 0.779. The molecule has 0 spiro atoms. The molecule has 4 unspecified atom stereocenters. The topological polar surface area (TPSA) is 48.0 Å². The second-order valence-corrected chi connectivity index (χ2v) is 7.43. The summed E-state index contributed by atoms with van der Waals surface area (Å²) in [6, 6.07) is 0.248. The number of carbonyl (C=O) groups excluding carboxylic acids is 1. The molecule has 0 radical (unpaired) electrons. The highest BCUT2D eigenvalue weighted by atomic mass is 16.5. The van der Waals surface area contributed by atoms with Gasteiger partial charge in [0.05, 0.1) is 31.5 Å². The minimum Gasteiger partial charge on any atom is -0.376 e. The van der Waals surface area contributed by atoms with Crippen LogP contribution in [-0.2, 0) is 19.0 Å². The molecule has 23 heavy (non-hydrogen) atoms. The van der Waals surface area contributed by atoms with Gasteiger partial charge in [0.25, 0.3) is 5.91 Å². The van der Waals surface area contributed by atoms with Crippen molar-refractivity contribution in [2.75, 3.05) is 26.4 Å². The van der Waals surface area contributed by atoms with E-state index in [9.17, 15) is 4.79 Å². The van der Waals surface area contributed by atoms with Crippen molar-refractivity contribution >= 4 is 5.91 Å². The van der Waals surface area contributed by atoms with E-state index >= 15 is 0 Å². The van der Waals surface area contributed by atoms with Crippen LogP contribution < -0.4 is 0 Å². The number of nitrogens with zero attached hydrogens (tertiary/aromatic N) is 1. The molecule has 0 bridgehead atoms. The van der Waals surface area contributed by atoms with Gasteiger partial charge in [-0.15, -0.1) is 0 Å². The lowest BCUT2D eigenvalue weighted by Gasteiger charge is -2.45. The molecule has 1 saturated carbocycles. The molecule has 5 heteroatoms. The van der Waals surface area contributed by atoms with Crippen molar-refractivity contribution in [3.05, 3.63) is 0 Å². The van der Waals surface area contributed by atoms with Crippen LogP contribution in [0.4, 0.5) is 0 Å². The molecule has 2 heterocycles. The molecule has 1 amide bonds. The summed E-state index contributed by atoms with van der Waals surface area (Å²) in [6.45, 7) is 6.85. The molecule has 3 rings (SSSR count). The summed E-state index contributed by atoms with van der Waals surface area (Å²) < 4.78 is 17.5. The van der Waals surface area contributed by atoms with Gasteiger partial charge in [-0.05, 0) is 31.6 Å². The predicted molar refractivity (Wildman–Crippen MR) is 87.3 cm³/mol. The van der Waals surface area contributed by atoms with Crippen LogP contribution >= 0.6 is 0 Å². The SMILES string of the molecule is CC(C)C(OCC1CCCO1)C(=O)N1CCOC2CCCCC21. The fourth-order valence-electron chi connectivity index (χ4n) is 4.07. The number of rotatable bonds is 5. The molecule has 2 aliphatic heterocycles. The van der Waals surface area contributed by atoms with Crippen molar-refractivity contribution in [1.29, 1.82) is 0 Å². The highest BCUT2D eigenvalue weighted by Crippen LogP contribution is 2.30. The number of carbonyl (C=O) groups is 1. The molecular formula is C18H31NO4. The third kappa shape index (κ3) is 4.06. The maximum atomic E-state index is 13.1. The molecule has 0 aromatic heterocycles. The summed E-state index contributed by atoms with van der Waals surface area (Å²) in [6.07, 6.45) is 6.72. The monoisotopic (exact) mass is 325 g/mol. The van der Waals surface area contributed by atoms with E-state index in [1.165, 1.54) is 12.8 Å².